The highest BCUT2D eigenvalue weighted by Gasteiger charge is 2.21. The van der Waals surface area contributed by atoms with E-state index in [0.29, 0.717) is 17.9 Å². The van der Waals surface area contributed by atoms with Crippen LogP contribution in [0.15, 0.2) is 24.3 Å². The number of ether oxygens (including phenoxy) is 1. The molecule has 3 nitrogen and oxygen atoms in total. The van der Waals surface area contributed by atoms with E-state index in [1.807, 2.05) is 45.0 Å². The first-order valence-electron chi connectivity index (χ1n) is 6.01. The van der Waals surface area contributed by atoms with Crippen LogP contribution in [0.25, 0.3) is 0 Å². The lowest BCUT2D eigenvalue weighted by atomic mass is 10.1. The molecule has 0 aromatic heterocycles. The molecule has 0 spiro atoms. The van der Waals surface area contributed by atoms with Gasteiger partial charge in [-0.2, -0.15) is 0 Å². The molecule has 1 rings (SSSR count). The van der Waals surface area contributed by atoms with Crippen LogP contribution in [0.4, 0.5) is 0 Å². The minimum absolute atomic E-state index is 0.357. The molecule has 1 aromatic rings. The Labute approximate surface area is 113 Å². The molecule has 100 valence electrons. The highest BCUT2D eigenvalue weighted by molar-refractivity contribution is 6.30. The Kier molecular flexibility index (Phi) is 5.17. The zero-order valence-corrected chi connectivity index (χ0v) is 11.8. The first-order chi connectivity index (χ1) is 8.28. The van der Waals surface area contributed by atoms with Gasteiger partial charge in [-0.15, -0.1) is 0 Å². The van der Waals surface area contributed by atoms with Crippen molar-refractivity contribution in [3.8, 4) is 0 Å². The summed E-state index contributed by atoms with van der Waals surface area (Å²) in [7, 11) is 0. The molecule has 2 N–H and O–H groups in total. The van der Waals surface area contributed by atoms with Gasteiger partial charge < -0.3 is 10.5 Å². The third kappa shape index (κ3) is 5.52. The Balaban J connectivity index is 2.46. The van der Waals surface area contributed by atoms with Gasteiger partial charge in [-0.25, -0.2) is 0 Å². The van der Waals surface area contributed by atoms with Crippen LogP contribution < -0.4 is 5.73 Å². The van der Waals surface area contributed by atoms with Gasteiger partial charge in [0.25, 0.3) is 0 Å². The van der Waals surface area contributed by atoms with Crippen LogP contribution in [-0.4, -0.2) is 17.6 Å². The Morgan fingerprint density at radius 1 is 1.44 bits per heavy atom. The molecule has 0 bridgehead atoms. The van der Waals surface area contributed by atoms with Crippen LogP contribution in [0.2, 0.25) is 5.02 Å². The summed E-state index contributed by atoms with van der Waals surface area (Å²) >= 11 is 5.89. The smallest absolute Gasteiger partial charge is 0.323 e. The van der Waals surface area contributed by atoms with E-state index >= 15 is 0 Å². The third-order valence-corrected chi connectivity index (χ3v) is 2.58. The number of carbonyl (C=O) groups excluding carboxylic acids is 1. The van der Waals surface area contributed by atoms with Gasteiger partial charge in [0.2, 0.25) is 0 Å². The first-order valence-corrected chi connectivity index (χ1v) is 6.38. The van der Waals surface area contributed by atoms with E-state index in [-0.39, 0.29) is 5.97 Å². The van der Waals surface area contributed by atoms with Crippen LogP contribution in [0.3, 0.4) is 0 Å². The second kappa shape index (κ2) is 6.21. The van der Waals surface area contributed by atoms with Crippen LogP contribution in [0.5, 0.6) is 0 Å². The van der Waals surface area contributed by atoms with Gasteiger partial charge in [-0.1, -0.05) is 23.7 Å². The Morgan fingerprint density at radius 2 is 2.11 bits per heavy atom. The lowest BCUT2D eigenvalue weighted by Crippen LogP contribution is -2.37. The van der Waals surface area contributed by atoms with Crippen LogP contribution >= 0.6 is 11.6 Å². The van der Waals surface area contributed by atoms with Crippen molar-refractivity contribution in [3.05, 3.63) is 34.9 Å². The van der Waals surface area contributed by atoms with E-state index in [1.165, 1.54) is 0 Å². The van der Waals surface area contributed by atoms with Crippen molar-refractivity contribution in [1.82, 2.24) is 0 Å². The van der Waals surface area contributed by atoms with Gasteiger partial charge in [-0.05, 0) is 51.3 Å². The third-order valence-electron chi connectivity index (χ3n) is 2.34. The highest BCUT2D eigenvalue weighted by Crippen LogP contribution is 2.14. The first kappa shape index (κ1) is 15.0. The maximum atomic E-state index is 11.7. The Morgan fingerprint density at radius 3 is 2.67 bits per heavy atom. The number of halogens is 1. The summed E-state index contributed by atoms with van der Waals surface area (Å²) in [4.78, 5) is 11.7. The summed E-state index contributed by atoms with van der Waals surface area (Å²) in [5.74, 6) is -0.357. The predicted octanol–water partition coefficient (Wildman–Crippen LogP) is 2.94. The minimum Gasteiger partial charge on any atom is -0.459 e. The lowest BCUT2D eigenvalue weighted by Gasteiger charge is -2.22. The number of aryl methyl sites for hydroxylation is 1. The molecule has 1 aromatic carbocycles. The molecule has 0 saturated carbocycles. The lowest BCUT2D eigenvalue weighted by molar-refractivity contribution is -0.156. The van der Waals surface area contributed by atoms with Gasteiger partial charge >= 0.3 is 5.97 Å². The fourth-order valence-corrected chi connectivity index (χ4v) is 1.72. The fraction of sp³-hybridized carbons (Fsp3) is 0.500. The standard InChI is InChI=1S/C14H20ClNO2/c1-14(2,3)18-13(17)12(16)8-7-10-5-4-6-11(15)9-10/h4-6,9,12H,7-8,16H2,1-3H3/t12-/m1/s1. The van der Waals surface area contributed by atoms with Crippen molar-refractivity contribution in [1.29, 1.82) is 0 Å². The summed E-state index contributed by atoms with van der Waals surface area (Å²) in [6.45, 7) is 5.48. The molecule has 0 aliphatic heterocycles. The number of rotatable bonds is 4. The molecule has 0 saturated heterocycles. The van der Waals surface area contributed by atoms with Crippen molar-refractivity contribution < 1.29 is 9.53 Å². The molecular weight excluding hydrogens is 250 g/mol. The van der Waals surface area contributed by atoms with Crippen molar-refractivity contribution in [2.75, 3.05) is 0 Å². The van der Waals surface area contributed by atoms with Crippen molar-refractivity contribution in [2.45, 2.75) is 45.3 Å². The summed E-state index contributed by atoms with van der Waals surface area (Å²) in [6, 6.07) is 6.95. The van der Waals surface area contributed by atoms with Crippen LogP contribution in [0.1, 0.15) is 32.8 Å². The molecule has 0 unspecified atom stereocenters. The second-order valence-electron chi connectivity index (χ2n) is 5.31. The second-order valence-corrected chi connectivity index (χ2v) is 5.74. The van der Waals surface area contributed by atoms with Gasteiger partial charge in [0.05, 0.1) is 0 Å². The molecule has 0 aliphatic rings. The quantitative estimate of drug-likeness (QED) is 0.855. The van der Waals surface area contributed by atoms with Crippen molar-refractivity contribution in [2.24, 2.45) is 5.73 Å². The molecule has 18 heavy (non-hydrogen) atoms. The van der Waals surface area contributed by atoms with E-state index in [2.05, 4.69) is 0 Å². The number of carbonyl (C=O) groups is 1. The number of hydrogen-bond acceptors (Lipinski definition) is 3. The minimum atomic E-state index is -0.594. The molecule has 0 aliphatic carbocycles. The number of benzene rings is 1. The van der Waals surface area contributed by atoms with E-state index in [9.17, 15) is 4.79 Å². The molecule has 0 radical (unpaired) electrons. The number of hydrogen-bond donors (Lipinski definition) is 1. The van der Waals surface area contributed by atoms with Gasteiger partial charge in [0.1, 0.15) is 11.6 Å². The van der Waals surface area contributed by atoms with E-state index < -0.39 is 11.6 Å². The maximum Gasteiger partial charge on any atom is 0.323 e. The maximum absolute atomic E-state index is 11.7. The molecule has 1 atom stereocenters. The van der Waals surface area contributed by atoms with E-state index in [1.54, 1.807) is 0 Å². The largest absolute Gasteiger partial charge is 0.459 e. The zero-order valence-electron chi connectivity index (χ0n) is 11.1. The summed E-state index contributed by atoms with van der Waals surface area (Å²) in [5, 5.41) is 0.693. The molecule has 0 heterocycles. The summed E-state index contributed by atoms with van der Waals surface area (Å²) in [6.07, 6.45) is 1.26. The number of nitrogens with two attached hydrogens (primary N) is 1. The van der Waals surface area contributed by atoms with E-state index in [0.717, 1.165) is 5.56 Å². The zero-order chi connectivity index (χ0) is 13.8. The molecule has 4 heteroatoms. The van der Waals surface area contributed by atoms with Crippen molar-refractivity contribution >= 4 is 17.6 Å². The Hall–Kier alpha value is -1.06. The molecule has 0 amide bonds. The molecular formula is C14H20ClNO2. The predicted molar refractivity (Wildman–Crippen MR) is 73.6 cm³/mol. The average molecular weight is 270 g/mol. The average Bonchev–Trinajstić information content (AvgIpc) is 2.23. The van der Waals surface area contributed by atoms with E-state index in [4.69, 9.17) is 22.1 Å². The van der Waals surface area contributed by atoms with Gasteiger partial charge in [0.15, 0.2) is 0 Å². The summed E-state index contributed by atoms with van der Waals surface area (Å²) < 4.78 is 5.22. The topological polar surface area (TPSA) is 52.3 Å². The van der Waals surface area contributed by atoms with Crippen LogP contribution in [-0.2, 0) is 16.0 Å². The van der Waals surface area contributed by atoms with Crippen LogP contribution in [0, 0.1) is 0 Å². The van der Waals surface area contributed by atoms with Crippen molar-refractivity contribution in [3.63, 3.8) is 0 Å². The normalized spacial score (nSPS) is 13.2. The Bertz CT molecular complexity index is 413. The molecule has 0 fully saturated rings. The fourth-order valence-electron chi connectivity index (χ4n) is 1.51. The summed E-state index contributed by atoms with van der Waals surface area (Å²) in [5.41, 5.74) is 6.38. The number of esters is 1. The monoisotopic (exact) mass is 269 g/mol. The van der Waals surface area contributed by atoms with Gasteiger partial charge in [0, 0.05) is 5.02 Å². The SMILES string of the molecule is CC(C)(C)OC(=O)[C@H](N)CCc1cccc(Cl)c1. The highest BCUT2D eigenvalue weighted by atomic mass is 35.5. The van der Waals surface area contributed by atoms with Gasteiger partial charge in [-0.3, -0.25) is 4.79 Å².